The second-order valence-corrected chi connectivity index (χ2v) is 9.78. The van der Waals surface area contributed by atoms with Crippen LogP contribution in [-0.4, -0.2) is 42.8 Å². The second-order valence-electron chi connectivity index (χ2n) is 9.78. The van der Waals surface area contributed by atoms with E-state index in [2.05, 4.69) is 43.1 Å². The molecule has 5 rings (SSSR count). The maximum atomic E-state index is 12.7. The van der Waals surface area contributed by atoms with Crippen LogP contribution in [0, 0.1) is 23.2 Å². The predicted octanol–water partition coefficient (Wildman–Crippen LogP) is 3.65. The minimum absolute atomic E-state index is 0.00555. The lowest BCUT2D eigenvalue weighted by molar-refractivity contribution is -0.147. The Kier molecular flexibility index (Phi) is 4.14. The molecule has 2 heterocycles. The Morgan fingerprint density at radius 1 is 1.22 bits per heavy atom. The fourth-order valence-electron chi connectivity index (χ4n) is 6.46. The Morgan fingerprint density at radius 3 is 2.74 bits per heavy atom. The SMILES string of the molecule is CN(Cc1ccccc1)C[C@H]1C(=O)O[C@@H]2C[C@@]3(C)CCC[C@]4(CO4)[C@@H]3C[C@@H]21. The third-order valence-electron chi connectivity index (χ3n) is 7.88. The molecule has 4 aliphatic rings. The molecule has 4 nitrogen and oxygen atoms in total. The second kappa shape index (κ2) is 6.31. The van der Waals surface area contributed by atoms with Crippen molar-refractivity contribution in [2.75, 3.05) is 20.2 Å². The number of hydrogen-bond acceptors (Lipinski definition) is 4. The maximum Gasteiger partial charge on any atom is 0.310 e. The van der Waals surface area contributed by atoms with Crippen LogP contribution in [0.3, 0.4) is 0 Å². The van der Waals surface area contributed by atoms with Crippen LogP contribution >= 0.6 is 0 Å². The van der Waals surface area contributed by atoms with Crippen LogP contribution in [0.2, 0.25) is 0 Å². The largest absolute Gasteiger partial charge is 0.462 e. The van der Waals surface area contributed by atoms with E-state index in [1.165, 1.54) is 24.8 Å². The molecule has 6 atom stereocenters. The monoisotopic (exact) mass is 369 g/mol. The molecule has 0 unspecified atom stereocenters. The Bertz CT molecular complexity index is 716. The van der Waals surface area contributed by atoms with Crippen LogP contribution in [-0.2, 0) is 20.8 Å². The first kappa shape index (κ1) is 17.7. The van der Waals surface area contributed by atoms with Gasteiger partial charge in [-0.15, -0.1) is 0 Å². The zero-order valence-corrected chi connectivity index (χ0v) is 16.5. The molecule has 1 aromatic carbocycles. The van der Waals surface area contributed by atoms with Gasteiger partial charge in [-0.25, -0.2) is 0 Å². The van der Waals surface area contributed by atoms with E-state index in [1.807, 2.05) is 6.07 Å². The molecule has 1 spiro atoms. The first-order chi connectivity index (χ1) is 13.0. The molecule has 2 aliphatic heterocycles. The summed E-state index contributed by atoms with van der Waals surface area (Å²) < 4.78 is 11.9. The molecular formula is C23H31NO3. The first-order valence-corrected chi connectivity index (χ1v) is 10.6. The number of benzene rings is 1. The van der Waals surface area contributed by atoms with Crippen molar-refractivity contribution in [3.8, 4) is 0 Å². The third-order valence-corrected chi connectivity index (χ3v) is 7.88. The smallest absolute Gasteiger partial charge is 0.310 e. The Balaban J connectivity index is 1.31. The molecule has 2 aliphatic carbocycles. The summed E-state index contributed by atoms with van der Waals surface area (Å²) in [5.41, 5.74) is 1.70. The number of nitrogens with zero attached hydrogens (tertiary/aromatic N) is 1. The number of fused-ring (bicyclic) bond motifs is 3. The van der Waals surface area contributed by atoms with Crippen molar-refractivity contribution in [2.45, 2.75) is 57.3 Å². The van der Waals surface area contributed by atoms with Crippen LogP contribution in [0.4, 0.5) is 0 Å². The van der Waals surface area contributed by atoms with Gasteiger partial charge >= 0.3 is 5.97 Å². The van der Waals surface area contributed by atoms with Crippen LogP contribution in [0.25, 0.3) is 0 Å². The van der Waals surface area contributed by atoms with Crippen molar-refractivity contribution in [2.24, 2.45) is 23.2 Å². The van der Waals surface area contributed by atoms with Gasteiger partial charge in [0.15, 0.2) is 0 Å². The molecule has 4 fully saturated rings. The number of esters is 1. The fraction of sp³-hybridized carbons (Fsp3) is 0.696. The highest BCUT2D eigenvalue weighted by Gasteiger charge is 2.65. The van der Waals surface area contributed by atoms with Gasteiger partial charge in [0.2, 0.25) is 0 Å². The van der Waals surface area contributed by atoms with Crippen molar-refractivity contribution >= 4 is 5.97 Å². The van der Waals surface area contributed by atoms with Gasteiger partial charge in [-0.1, -0.05) is 37.3 Å². The van der Waals surface area contributed by atoms with Crippen molar-refractivity contribution in [3.05, 3.63) is 35.9 Å². The Hall–Kier alpha value is -1.39. The van der Waals surface area contributed by atoms with Crippen LogP contribution in [0.5, 0.6) is 0 Å². The summed E-state index contributed by atoms with van der Waals surface area (Å²) in [5, 5.41) is 0. The van der Waals surface area contributed by atoms with Gasteiger partial charge in [0.1, 0.15) is 6.10 Å². The number of epoxide rings is 1. The molecule has 0 amide bonds. The molecule has 0 bridgehead atoms. The van der Waals surface area contributed by atoms with Gasteiger partial charge in [0.05, 0.1) is 18.1 Å². The van der Waals surface area contributed by atoms with Gasteiger partial charge in [-0.05, 0) is 56.0 Å². The molecule has 4 heteroatoms. The molecule has 1 aromatic rings. The van der Waals surface area contributed by atoms with Gasteiger partial charge in [0.25, 0.3) is 0 Å². The van der Waals surface area contributed by atoms with Crippen molar-refractivity contribution in [1.82, 2.24) is 4.90 Å². The highest BCUT2D eigenvalue weighted by Crippen LogP contribution is 2.62. The van der Waals surface area contributed by atoms with E-state index < -0.39 is 0 Å². The minimum atomic E-state index is 0.00555. The topological polar surface area (TPSA) is 42.1 Å². The third kappa shape index (κ3) is 3.01. The average Bonchev–Trinajstić information content (AvgIpc) is 3.34. The van der Waals surface area contributed by atoms with E-state index in [-0.39, 0.29) is 29.0 Å². The number of hydrogen-bond donors (Lipinski definition) is 0. The van der Waals surface area contributed by atoms with Gasteiger partial charge in [-0.2, -0.15) is 0 Å². The van der Waals surface area contributed by atoms with Crippen molar-refractivity contribution < 1.29 is 14.3 Å². The Labute approximate surface area is 162 Å². The number of ether oxygens (including phenoxy) is 2. The number of carbonyl (C=O) groups is 1. The highest BCUT2D eigenvalue weighted by atomic mass is 16.6. The summed E-state index contributed by atoms with van der Waals surface area (Å²) in [4.78, 5) is 15.0. The summed E-state index contributed by atoms with van der Waals surface area (Å²) in [6.07, 6.45) is 5.94. The van der Waals surface area contributed by atoms with Crippen molar-refractivity contribution in [3.63, 3.8) is 0 Å². The summed E-state index contributed by atoms with van der Waals surface area (Å²) in [7, 11) is 2.12. The number of rotatable bonds is 4. The molecular weight excluding hydrogens is 338 g/mol. The number of carbonyl (C=O) groups excluding carboxylic acids is 1. The minimum Gasteiger partial charge on any atom is -0.462 e. The van der Waals surface area contributed by atoms with E-state index >= 15 is 0 Å². The zero-order chi connectivity index (χ0) is 18.6. The molecule has 27 heavy (non-hydrogen) atoms. The quantitative estimate of drug-likeness (QED) is 0.600. The van der Waals surface area contributed by atoms with E-state index in [0.717, 1.165) is 32.5 Å². The molecule has 0 radical (unpaired) electrons. The molecule has 0 aromatic heterocycles. The van der Waals surface area contributed by atoms with E-state index in [1.54, 1.807) is 0 Å². The van der Waals surface area contributed by atoms with Gasteiger partial charge in [-0.3, -0.25) is 4.79 Å². The van der Waals surface area contributed by atoms with Crippen molar-refractivity contribution in [1.29, 1.82) is 0 Å². The lowest BCUT2D eigenvalue weighted by Gasteiger charge is -2.51. The zero-order valence-electron chi connectivity index (χ0n) is 16.5. The van der Waals surface area contributed by atoms with Crippen LogP contribution in [0.1, 0.15) is 44.6 Å². The summed E-state index contributed by atoms with van der Waals surface area (Å²) >= 11 is 0. The summed E-state index contributed by atoms with van der Waals surface area (Å²) in [5.74, 6) is 0.980. The first-order valence-electron chi connectivity index (χ1n) is 10.6. The molecule has 2 saturated heterocycles. The average molecular weight is 370 g/mol. The van der Waals surface area contributed by atoms with Gasteiger partial charge < -0.3 is 14.4 Å². The van der Waals surface area contributed by atoms with Crippen LogP contribution in [0.15, 0.2) is 30.3 Å². The standard InChI is InChI=1S/C23H31NO3/c1-22-9-6-10-23(15-26-23)20(22)11-17-18(21(25)27-19(17)12-22)14-24(2)13-16-7-4-3-5-8-16/h3-5,7-8,17-20H,6,9-15H2,1-2H3/t17-,18-,19-,20-,22-,23+/m1/s1. The lowest BCUT2D eigenvalue weighted by atomic mass is 9.53. The van der Waals surface area contributed by atoms with Gasteiger partial charge in [0, 0.05) is 19.0 Å². The predicted molar refractivity (Wildman–Crippen MR) is 103 cm³/mol. The summed E-state index contributed by atoms with van der Waals surface area (Å²) in [6, 6.07) is 10.5. The molecule has 0 N–H and O–H groups in total. The van der Waals surface area contributed by atoms with Crippen LogP contribution < -0.4 is 0 Å². The lowest BCUT2D eigenvalue weighted by Crippen LogP contribution is -2.51. The summed E-state index contributed by atoms with van der Waals surface area (Å²) in [6.45, 7) is 5.00. The fourth-order valence-corrected chi connectivity index (χ4v) is 6.46. The Morgan fingerprint density at radius 2 is 2.00 bits per heavy atom. The van der Waals surface area contributed by atoms with E-state index in [9.17, 15) is 4.79 Å². The van der Waals surface area contributed by atoms with E-state index in [4.69, 9.17) is 9.47 Å². The maximum absolute atomic E-state index is 12.7. The normalized spacial score (nSPS) is 42.7. The highest BCUT2D eigenvalue weighted by molar-refractivity contribution is 5.75. The molecule has 2 saturated carbocycles. The molecule has 146 valence electrons. The van der Waals surface area contributed by atoms with E-state index in [0.29, 0.717) is 11.8 Å².